The molecule has 0 aromatic heterocycles. The molecule has 2 unspecified atom stereocenters. The highest BCUT2D eigenvalue weighted by molar-refractivity contribution is 9.09. The molecule has 0 radical (unpaired) electrons. The fourth-order valence-electron chi connectivity index (χ4n) is 16.9. The number of unbranched alkanes of at least 4 members (excludes halogenated alkanes) is 4. The average Bonchev–Trinajstić information content (AvgIpc) is 1.86. The smallest absolute Gasteiger partial charge is 0.255 e. The van der Waals surface area contributed by atoms with Crippen LogP contribution in [0.25, 0.3) is 11.1 Å². The minimum absolute atomic E-state index is 0. The summed E-state index contributed by atoms with van der Waals surface area (Å²) >= 11 is 3.47. The van der Waals surface area contributed by atoms with Crippen LogP contribution in [-0.2, 0) is 51.5 Å². The first-order chi connectivity index (χ1) is 52.3. The molecular formula is C88H98BrClN8O10. The van der Waals surface area contributed by atoms with Gasteiger partial charge in [0, 0.05) is 112 Å². The van der Waals surface area contributed by atoms with Gasteiger partial charge in [0.05, 0.1) is 13.2 Å². The molecule has 5 N–H and O–H groups in total. The third kappa shape index (κ3) is 18.3. The lowest BCUT2D eigenvalue weighted by atomic mass is 9.69. The summed E-state index contributed by atoms with van der Waals surface area (Å²) in [6.45, 7) is 11.0. The number of halogens is 2. The molecule has 4 fully saturated rings. The van der Waals surface area contributed by atoms with E-state index in [9.17, 15) is 39.0 Å². The Morgan fingerprint density at radius 1 is 0.463 bits per heavy atom. The predicted octanol–water partition coefficient (Wildman–Crippen LogP) is 13.9. The van der Waals surface area contributed by atoms with Gasteiger partial charge in [0.25, 0.3) is 11.8 Å². The number of alkyl halides is 1. The maximum absolute atomic E-state index is 13.1. The first-order valence-corrected chi connectivity index (χ1v) is 39.7. The van der Waals surface area contributed by atoms with Gasteiger partial charge >= 0.3 is 0 Å². The van der Waals surface area contributed by atoms with Crippen molar-refractivity contribution in [1.82, 2.24) is 30.7 Å². The van der Waals surface area contributed by atoms with Crippen LogP contribution in [0.5, 0.6) is 23.0 Å². The maximum Gasteiger partial charge on any atom is 0.255 e. The number of nitrogens with zero attached hydrogens (tertiary/aromatic N) is 5. The lowest BCUT2D eigenvalue weighted by Crippen LogP contribution is -2.52. The number of nitrogens with one attached hydrogen (secondary N) is 3. The normalized spacial score (nSPS) is 20.3. The van der Waals surface area contributed by atoms with Crippen LogP contribution >= 0.6 is 28.3 Å². The Balaban J connectivity index is 0.000000157. The van der Waals surface area contributed by atoms with Gasteiger partial charge in [0.15, 0.2) is 0 Å². The highest BCUT2D eigenvalue weighted by atomic mass is 79.9. The second-order valence-corrected chi connectivity index (χ2v) is 30.3. The van der Waals surface area contributed by atoms with E-state index < -0.39 is 12.1 Å². The van der Waals surface area contributed by atoms with E-state index in [4.69, 9.17) is 9.47 Å². The Labute approximate surface area is 648 Å². The number of carbonyl (C=O) groups is 6. The van der Waals surface area contributed by atoms with Crippen molar-refractivity contribution in [3.05, 3.63) is 237 Å². The molecule has 8 aromatic rings. The van der Waals surface area contributed by atoms with Crippen molar-refractivity contribution in [2.75, 3.05) is 87.2 Å². The van der Waals surface area contributed by atoms with Gasteiger partial charge < -0.3 is 44.6 Å². The number of fused-ring (bicyclic) bond motifs is 4. The fourth-order valence-corrected chi connectivity index (χ4v) is 17.3. The summed E-state index contributed by atoms with van der Waals surface area (Å²) in [5.74, 6) is 2.13. The van der Waals surface area contributed by atoms with Crippen LogP contribution < -0.4 is 35.2 Å². The molecule has 6 aliphatic heterocycles. The van der Waals surface area contributed by atoms with Crippen molar-refractivity contribution >= 4 is 75.2 Å². The van der Waals surface area contributed by atoms with Crippen molar-refractivity contribution in [2.24, 2.45) is 0 Å². The molecular weight excluding hydrogens is 1440 g/mol. The molecule has 2 aliphatic carbocycles. The summed E-state index contributed by atoms with van der Waals surface area (Å²) in [5, 5.41) is 29.6. The Kier molecular flexibility index (Phi) is 25.6. The molecule has 0 spiro atoms. The van der Waals surface area contributed by atoms with E-state index in [-0.39, 0.29) is 66.6 Å². The van der Waals surface area contributed by atoms with Crippen molar-refractivity contribution in [1.29, 1.82) is 0 Å². The zero-order valence-electron chi connectivity index (χ0n) is 61.3. The Bertz CT molecular complexity index is 4480. The number of ether oxygens (including phenoxy) is 2. The molecule has 8 aromatic carbocycles. The summed E-state index contributed by atoms with van der Waals surface area (Å²) in [7, 11) is 0. The van der Waals surface area contributed by atoms with Gasteiger partial charge in [-0.2, -0.15) is 0 Å². The number of piperazine rings is 2. The van der Waals surface area contributed by atoms with Crippen LogP contribution in [0.1, 0.15) is 166 Å². The number of amides is 6. The molecule has 0 saturated carbocycles. The fraction of sp³-hybridized carbons (Fsp3) is 0.386. The minimum Gasteiger partial charge on any atom is -0.508 e. The first-order valence-electron chi connectivity index (χ1n) is 38.6. The lowest BCUT2D eigenvalue weighted by molar-refractivity contribution is -0.138. The number of hydrogen-bond donors (Lipinski definition) is 5. The Morgan fingerprint density at radius 2 is 1.01 bits per heavy atom. The predicted molar refractivity (Wildman–Crippen MR) is 427 cm³/mol. The summed E-state index contributed by atoms with van der Waals surface area (Å²) in [4.78, 5) is 83.5. The van der Waals surface area contributed by atoms with Crippen LogP contribution in [0, 0.1) is 0 Å². The molecule has 8 aliphatic rings. The number of hydrogen-bond acceptors (Lipinski definition) is 14. The van der Waals surface area contributed by atoms with E-state index in [0.717, 1.165) is 174 Å². The second-order valence-electron chi connectivity index (χ2n) is 29.5. The molecule has 4 saturated heterocycles. The molecule has 20 heteroatoms. The van der Waals surface area contributed by atoms with Gasteiger partial charge in [0.1, 0.15) is 35.1 Å². The number of phenols is 2. The van der Waals surface area contributed by atoms with Gasteiger partial charge in [-0.05, 0) is 248 Å². The van der Waals surface area contributed by atoms with Crippen LogP contribution in [0.2, 0.25) is 0 Å². The number of rotatable bonds is 21. The van der Waals surface area contributed by atoms with Crippen molar-refractivity contribution in [3.63, 3.8) is 0 Å². The summed E-state index contributed by atoms with van der Waals surface area (Å²) in [6.07, 6.45) is 13.2. The quantitative estimate of drug-likeness (QED) is 0.0257. The van der Waals surface area contributed by atoms with Gasteiger partial charge in [-0.15, -0.1) is 12.4 Å². The third-order valence-corrected chi connectivity index (χ3v) is 23.3. The summed E-state index contributed by atoms with van der Waals surface area (Å²) < 4.78 is 12.1. The molecule has 6 heterocycles. The molecule has 5 atom stereocenters. The molecule has 6 amide bonds. The minimum atomic E-state index is -0.588. The zero-order chi connectivity index (χ0) is 73.8. The van der Waals surface area contributed by atoms with Gasteiger partial charge in [-0.25, -0.2) is 0 Å². The summed E-state index contributed by atoms with van der Waals surface area (Å²) in [5.41, 5.74) is 17.0. The molecule has 108 heavy (non-hydrogen) atoms. The number of anilines is 2. The topological polar surface area (TPSA) is 214 Å². The SMILES string of the molecule is Cl.O=C1CCC(N2Cc3cc(N4CCN(CCCCCOc5ccc([C@@H]6c7ccc(O)cc7CC[C@@H]6c6ccccc6)cc5)CC4)ccc3C2=O)C(=O)N1.O=C1CCC(N2Cc3cc(N4CCNCC4)ccc3C2=O)C(=O)N1.Oc1cc2c(c(-c3ccc(OCCCCCBr)cc3)c1)C[C@@H](c1ccccc1)CC2. The Morgan fingerprint density at radius 3 is 1.59 bits per heavy atom. The second kappa shape index (κ2) is 36.1. The van der Waals surface area contributed by atoms with Crippen molar-refractivity contribution in [2.45, 2.75) is 139 Å². The van der Waals surface area contributed by atoms with E-state index in [2.05, 4.69) is 162 Å². The number of phenolic OH excluding ortho intramolecular Hbond substituents is 2. The van der Waals surface area contributed by atoms with Gasteiger partial charge in [-0.1, -0.05) is 107 Å². The zero-order valence-corrected chi connectivity index (χ0v) is 63.7. The van der Waals surface area contributed by atoms with Gasteiger partial charge in [0.2, 0.25) is 23.6 Å². The highest BCUT2D eigenvalue weighted by Crippen LogP contribution is 2.48. The largest absolute Gasteiger partial charge is 0.508 e. The van der Waals surface area contributed by atoms with E-state index in [0.29, 0.717) is 67.0 Å². The average molecular weight is 1540 g/mol. The van der Waals surface area contributed by atoms with E-state index in [1.165, 1.54) is 51.8 Å². The summed E-state index contributed by atoms with van der Waals surface area (Å²) in [6, 6.07) is 59.1. The maximum atomic E-state index is 13.1. The number of imide groups is 2. The molecule has 16 rings (SSSR count). The number of aryl methyl sites for hydroxylation is 2. The number of aromatic hydroxyl groups is 2. The van der Waals surface area contributed by atoms with Crippen LogP contribution in [0.4, 0.5) is 11.4 Å². The molecule has 564 valence electrons. The molecule has 18 nitrogen and oxygen atoms in total. The van der Waals surface area contributed by atoms with Crippen LogP contribution in [0.15, 0.2) is 176 Å². The van der Waals surface area contributed by atoms with Gasteiger partial charge in [-0.3, -0.25) is 44.3 Å². The standard InChI is InChI=1S/C44H48N4O5.C27H29BrO2.C17H20N4O3.ClH/c49-35-13-18-38-32(28-35)11-16-37(30-7-3-1-4-8-30)42(38)31-9-14-36(15-10-31)53-26-6-2-5-21-46-22-24-47(25-23-46)34-12-17-39-33(27-34)29-48(44(39)52)40-19-20-41(50)45-43(40)51;28-15-5-2-6-16-30-25-13-11-21(12-14-25)27-19-24(29)17-23-10-9-22(18-26(23)27)20-7-3-1-4-8-20;22-15-4-3-14(16(23)19-15)21-10-11-9-12(1-2-13(11)17(21)24)20-7-5-18-6-8-20;/h1,3-4,7-10,12-15,17-18,27-28,37,40,42,49H,2,5-6,11,16,19-26,29H2,(H,45,50,51);1,3-4,7-8,11-14,17,19,22,29H,2,5-6,9-10,15-16,18H2;1-2,9,14,18H,3-8,10H2,(H,19,22,23);1H/t37-,40?,42+;22-;;/m10../s1. The first kappa shape index (κ1) is 76.7. The number of benzene rings is 8. The number of piperidine rings is 2. The lowest BCUT2D eigenvalue weighted by Gasteiger charge is -2.36. The van der Waals surface area contributed by atoms with E-state index in [1.54, 1.807) is 9.80 Å². The van der Waals surface area contributed by atoms with Crippen molar-refractivity contribution in [3.8, 4) is 34.1 Å². The van der Waals surface area contributed by atoms with E-state index in [1.807, 2.05) is 60.7 Å². The number of carbonyl (C=O) groups excluding carboxylic acids is 6. The van der Waals surface area contributed by atoms with Crippen LogP contribution in [-0.4, -0.2) is 150 Å². The van der Waals surface area contributed by atoms with Crippen molar-refractivity contribution < 1.29 is 48.5 Å². The Hall–Kier alpha value is -9.53. The molecule has 0 bridgehead atoms. The third-order valence-electron chi connectivity index (χ3n) is 22.7. The highest BCUT2D eigenvalue weighted by Gasteiger charge is 2.42. The van der Waals surface area contributed by atoms with E-state index >= 15 is 0 Å². The van der Waals surface area contributed by atoms with Crippen LogP contribution in [0.3, 0.4) is 0 Å². The monoisotopic (exact) mass is 1540 g/mol.